The Kier molecular flexibility index (Phi) is 4.42. The van der Waals surface area contributed by atoms with Crippen molar-refractivity contribution in [3.63, 3.8) is 0 Å². The zero-order valence-electron chi connectivity index (χ0n) is 12.2. The Morgan fingerprint density at radius 2 is 2.30 bits per heavy atom. The average Bonchev–Trinajstić information content (AvgIpc) is 2.78. The Morgan fingerprint density at radius 3 is 2.90 bits per heavy atom. The molecular formula is C14H21N3O3. The normalized spacial score (nSPS) is 21.6. The van der Waals surface area contributed by atoms with E-state index in [0.29, 0.717) is 25.4 Å². The molecule has 2 unspecified atom stereocenters. The molecule has 0 saturated carbocycles. The summed E-state index contributed by atoms with van der Waals surface area (Å²) >= 11 is 0. The van der Waals surface area contributed by atoms with E-state index in [-0.39, 0.29) is 17.7 Å². The smallest absolute Gasteiger partial charge is 0.245 e. The van der Waals surface area contributed by atoms with E-state index in [4.69, 9.17) is 4.42 Å². The zero-order chi connectivity index (χ0) is 14.7. The summed E-state index contributed by atoms with van der Waals surface area (Å²) in [4.78, 5) is 30.0. The van der Waals surface area contributed by atoms with Gasteiger partial charge in [0.25, 0.3) is 0 Å². The van der Waals surface area contributed by atoms with Crippen LogP contribution in [0.25, 0.3) is 0 Å². The van der Waals surface area contributed by atoms with Crippen molar-refractivity contribution in [3.05, 3.63) is 17.8 Å². The number of aromatic nitrogens is 1. The van der Waals surface area contributed by atoms with Gasteiger partial charge < -0.3 is 14.6 Å². The Bertz CT molecular complexity index is 498. The van der Waals surface area contributed by atoms with Gasteiger partial charge in [0.15, 0.2) is 0 Å². The van der Waals surface area contributed by atoms with Crippen molar-refractivity contribution < 1.29 is 14.0 Å². The van der Waals surface area contributed by atoms with Gasteiger partial charge in [-0.15, -0.1) is 0 Å². The van der Waals surface area contributed by atoms with E-state index in [1.54, 1.807) is 11.1 Å². The number of aryl methyl sites for hydroxylation is 1. The third kappa shape index (κ3) is 3.18. The van der Waals surface area contributed by atoms with Gasteiger partial charge in [-0.1, -0.05) is 20.3 Å². The second-order valence-corrected chi connectivity index (χ2v) is 5.31. The molecule has 1 aliphatic rings. The molecule has 0 aromatic carbocycles. The van der Waals surface area contributed by atoms with Crippen LogP contribution in [0.1, 0.15) is 38.3 Å². The third-order valence-electron chi connectivity index (χ3n) is 3.71. The van der Waals surface area contributed by atoms with E-state index >= 15 is 0 Å². The van der Waals surface area contributed by atoms with Gasteiger partial charge in [0, 0.05) is 13.0 Å². The predicted molar refractivity (Wildman–Crippen MR) is 72.7 cm³/mol. The van der Waals surface area contributed by atoms with Crippen LogP contribution in [0.4, 0.5) is 0 Å². The summed E-state index contributed by atoms with van der Waals surface area (Å²) in [6.45, 7) is 6.51. The minimum Gasteiger partial charge on any atom is -0.444 e. The molecular weight excluding hydrogens is 258 g/mol. The lowest BCUT2D eigenvalue weighted by atomic mass is 9.98. The number of amides is 2. The van der Waals surface area contributed by atoms with Crippen LogP contribution in [0.5, 0.6) is 0 Å². The van der Waals surface area contributed by atoms with Gasteiger partial charge in [0.1, 0.15) is 11.8 Å². The van der Waals surface area contributed by atoms with Crippen LogP contribution in [-0.4, -0.2) is 34.3 Å². The largest absolute Gasteiger partial charge is 0.444 e. The maximum Gasteiger partial charge on any atom is 0.245 e. The van der Waals surface area contributed by atoms with Gasteiger partial charge in [0.2, 0.25) is 17.7 Å². The van der Waals surface area contributed by atoms with Gasteiger partial charge in [0.05, 0.1) is 12.7 Å². The van der Waals surface area contributed by atoms with E-state index in [9.17, 15) is 9.59 Å². The van der Waals surface area contributed by atoms with Crippen LogP contribution < -0.4 is 5.32 Å². The molecule has 1 aliphatic heterocycles. The zero-order valence-corrected chi connectivity index (χ0v) is 12.2. The minimum absolute atomic E-state index is 0.0546. The van der Waals surface area contributed by atoms with Crippen LogP contribution in [-0.2, 0) is 16.1 Å². The number of nitrogens with one attached hydrogen (secondary N) is 1. The monoisotopic (exact) mass is 279 g/mol. The maximum absolute atomic E-state index is 12.5. The molecule has 110 valence electrons. The second-order valence-electron chi connectivity index (χ2n) is 5.31. The van der Waals surface area contributed by atoms with Gasteiger partial charge in [-0.2, -0.15) is 0 Å². The number of rotatable bonds is 4. The molecule has 1 saturated heterocycles. The lowest BCUT2D eigenvalue weighted by Crippen LogP contribution is -2.48. The molecule has 2 atom stereocenters. The Balaban J connectivity index is 2.14. The molecule has 0 radical (unpaired) electrons. The molecule has 1 aromatic rings. The highest BCUT2D eigenvalue weighted by Crippen LogP contribution is 2.16. The first kappa shape index (κ1) is 14.6. The summed E-state index contributed by atoms with van der Waals surface area (Å²) in [5.74, 6) is 1.21. The fraction of sp³-hybridized carbons (Fsp3) is 0.643. The van der Waals surface area contributed by atoms with Gasteiger partial charge in [-0.25, -0.2) is 4.98 Å². The fourth-order valence-corrected chi connectivity index (χ4v) is 2.27. The number of hydrogen-bond donors (Lipinski definition) is 1. The average molecular weight is 279 g/mol. The molecule has 1 N–H and O–H groups in total. The summed E-state index contributed by atoms with van der Waals surface area (Å²) in [6, 6.07) is -0.453. The minimum atomic E-state index is -0.453. The number of carbonyl (C=O) groups excluding carboxylic acids is 2. The first-order chi connectivity index (χ1) is 9.51. The SMILES string of the molecule is CCC(C)C1NC(=O)CCN(Cc2ncc(C)o2)C1=O. The van der Waals surface area contributed by atoms with E-state index in [0.717, 1.165) is 12.2 Å². The molecule has 0 spiro atoms. The molecule has 6 nitrogen and oxygen atoms in total. The van der Waals surface area contributed by atoms with Crippen molar-refractivity contribution in [2.75, 3.05) is 6.54 Å². The molecule has 2 heterocycles. The summed E-state index contributed by atoms with van der Waals surface area (Å²) in [6.07, 6.45) is 2.79. The molecule has 1 fully saturated rings. The van der Waals surface area contributed by atoms with Crippen LogP contribution in [0.3, 0.4) is 0 Å². The fourth-order valence-electron chi connectivity index (χ4n) is 2.27. The number of carbonyl (C=O) groups is 2. The first-order valence-corrected chi connectivity index (χ1v) is 7.00. The van der Waals surface area contributed by atoms with Crippen LogP contribution in [0.2, 0.25) is 0 Å². The van der Waals surface area contributed by atoms with Crippen LogP contribution in [0.15, 0.2) is 10.6 Å². The van der Waals surface area contributed by atoms with Crippen molar-refractivity contribution in [2.45, 2.75) is 46.2 Å². The van der Waals surface area contributed by atoms with E-state index in [1.807, 2.05) is 20.8 Å². The number of nitrogens with zero attached hydrogens (tertiary/aromatic N) is 2. The van der Waals surface area contributed by atoms with E-state index < -0.39 is 6.04 Å². The van der Waals surface area contributed by atoms with Crippen molar-refractivity contribution in [1.29, 1.82) is 0 Å². The molecule has 0 bridgehead atoms. The topological polar surface area (TPSA) is 75.4 Å². The van der Waals surface area contributed by atoms with Crippen molar-refractivity contribution >= 4 is 11.8 Å². The third-order valence-corrected chi connectivity index (χ3v) is 3.71. The lowest BCUT2D eigenvalue weighted by molar-refractivity contribution is -0.135. The molecule has 1 aromatic heterocycles. The molecule has 2 amide bonds. The first-order valence-electron chi connectivity index (χ1n) is 7.00. The molecule has 20 heavy (non-hydrogen) atoms. The quantitative estimate of drug-likeness (QED) is 0.900. The highest BCUT2D eigenvalue weighted by Gasteiger charge is 2.33. The second kappa shape index (κ2) is 6.07. The molecule has 2 rings (SSSR count). The highest BCUT2D eigenvalue weighted by molar-refractivity contribution is 5.90. The van der Waals surface area contributed by atoms with E-state index in [1.165, 1.54) is 0 Å². The standard InChI is InChI=1S/C14H21N3O3/c1-4-9(2)13-14(19)17(6-5-11(18)16-13)8-12-15-7-10(3)20-12/h7,9,13H,4-6,8H2,1-3H3,(H,16,18). The van der Waals surface area contributed by atoms with Gasteiger partial charge in [-0.05, 0) is 12.8 Å². The summed E-state index contributed by atoms with van der Waals surface area (Å²) in [7, 11) is 0. The number of hydrogen-bond acceptors (Lipinski definition) is 4. The van der Waals surface area contributed by atoms with Crippen molar-refractivity contribution in [3.8, 4) is 0 Å². The summed E-state index contributed by atoms with van der Waals surface area (Å²) in [5, 5.41) is 2.82. The molecule has 6 heteroatoms. The Morgan fingerprint density at radius 1 is 1.55 bits per heavy atom. The Labute approximate surface area is 118 Å². The molecule has 0 aliphatic carbocycles. The highest BCUT2D eigenvalue weighted by atomic mass is 16.4. The number of oxazole rings is 1. The Hall–Kier alpha value is -1.85. The summed E-state index contributed by atoms with van der Waals surface area (Å²) in [5.41, 5.74) is 0. The van der Waals surface area contributed by atoms with Gasteiger partial charge >= 0.3 is 0 Å². The van der Waals surface area contributed by atoms with Crippen LogP contribution >= 0.6 is 0 Å². The maximum atomic E-state index is 12.5. The van der Waals surface area contributed by atoms with Crippen molar-refractivity contribution in [2.24, 2.45) is 5.92 Å². The lowest BCUT2D eigenvalue weighted by Gasteiger charge is -2.26. The van der Waals surface area contributed by atoms with Crippen LogP contribution in [0, 0.1) is 12.8 Å². The predicted octanol–water partition coefficient (Wildman–Crippen LogP) is 1.25. The summed E-state index contributed by atoms with van der Waals surface area (Å²) < 4.78 is 5.41. The van der Waals surface area contributed by atoms with E-state index in [2.05, 4.69) is 10.3 Å². The van der Waals surface area contributed by atoms with Gasteiger partial charge in [-0.3, -0.25) is 9.59 Å². The van der Waals surface area contributed by atoms with Crippen molar-refractivity contribution in [1.82, 2.24) is 15.2 Å².